The summed E-state index contributed by atoms with van der Waals surface area (Å²) in [5, 5.41) is 1.47. The van der Waals surface area contributed by atoms with Crippen LogP contribution in [0, 0.1) is 5.82 Å². The molecule has 176 valence electrons. The van der Waals surface area contributed by atoms with Crippen molar-refractivity contribution in [1.29, 1.82) is 0 Å². The molecule has 1 aromatic heterocycles. The molecule has 1 saturated heterocycles. The Morgan fingerprint density at radius 3 is 2.44 bits per heavy atom. The van der Waals surface area contributed by atoms with Crippen LogP contribution in [0.2, 0.25) is 1.41 Å². The number of imidazole rings is 1. The van der Waals surface area contributed by atoms with E-state index in [2.05, 4.69) is 4.98 Å². The molecule has 4 aromatic rings. The normalized spacial score (nSPS) is 15.9. The van der Waals surface area contributed by atoms with Gasteiger partial charge in [-0.25, -0.2) is 13.8 Å². The van der Waals surface area contributed by atoms with Gasteiger partial charge in [0.2, 0.25) is 0 Å². The van der Waals surface area contributed by atoms with Crippen molar-refractivity contribution in [3.05, 3.63) is 90.0 Å². The van der Waals surface area contributed by atoms with Crippen LogP contribution in [0.1, 0.15) is 17.6 Å². The molecular formula is C26H26F2N4O2. The van der Waals surface area contributed by atoms with E-state index in [1.807, 2.05) is 65.6 Å². The number of hydrogen-bond acceptors (Lipinski definition) is 5. The average molecular weight is 467 g/mol. The predicted octanol–water partition coefficient (Wildman–Crippen LogP) is 4.65. The molecule has 1 N–H and O–H groups in total. The summed E-state index contributed by atoms with van der Waals surface area (Å²) >= 11 is 0. The molecular weight excluding hydrogens is 438 g/mol. The Hall–Kier alpha value is -3.49. The first kappa shape index (κ1) is 21.1. The van der Waals surface area contributed by atoms with Crippen LogP contribution in [-0.2, 0) is 11.3 Å². The van der Waals surface area contributed by atoms with Crippen LogP contribution in [0.5, 0.6) is 5.75 Å². The van der Waals surface area contributed by atoms with Crippen molar-refractivity contribution in [3.8, 4) is 5.75 Å². The number of nitrogens with zero attached hydrogens (tertiary/aromatic N) is 3. The van der Waals surface area contributed by atoms with E-state index in [9.17, 15) is 4.39 Å². The van der Waals surface area contributed by atoms with Crippen LogP contribution in [-0.4, -0.2) is 42.6 Å². The molecule has 1 aliphatic rings. The van der Waals surface area contributed by atoms with Gasteiger partial charge in [0, 0.05) is 37.8 Å². The van der Waals surface area contributed by atoms with Gasteiger partial charge < -0.3 is 19.7 Å². The summed E-state index contributed by atoms with van der Waals surface area (Å²) in [5.41, 5.74) is 2.21. The third kappa shape index (κ3) is 4.60. The molecule has 0 spiro atoms. The lowest BCUT2D eigenvalue weighted by Crippen LogP contribution is -2.43. The molecule has 1 atom stereocenters. The van der Waals surface area contributed by atoms with Crippen LogP contribution in [0.3, 0.4) is 0 Å². The number of benzene rings is 3. The molecule has 34 heavy (non-hydrogen) atoms. The number of rotatable bonds is 8. The van der Waals surface area contributed by atoms with E-state index in [1.165, 1.54) is 11.4 Å². The SMILES string of the molecule is [3H]N1CCN(c2cc3c(cc2F)nc(COc2ccccc2)n3C(OCF)c2ccccc2)CC1. The Balaban J connectivity index is 1.61. The number of aromatic nitrogens is 2. The minimum atomic E-state index is -1.00. The van der Waals surface area contributed by atoms with Gasteiger partial charge >= 0.3 is 0 Å². The first-order chi connectivity index (χ1) is 17.1. The number of anilines is 1. The molecule has 5 rings (SSSR count). The fourth-order valence-electron chi connectivity index (χ4n) is 4.27. The van der Waals surface area contributed by atoms with E-state index >= 15 is 4.39 Å². The molecule has 0 bridgehead atoms. The number of fused-ring (bicyclic) bond motifs is 1. The summed E-state index contributed by atoms with van der Waals surface area (Å²) < 4.78 is 49.9. The largest absolute Gasteiger partial charge is 0.486 e. The first-order valence-corrected chi connectivity index (χ1v) is 11.2. The second kappa shape index (κ2) is 10.2. The molecule has 0 radical (unpaired) electrons. The zero-order chi connectivity index (χ0) is 24.2. The Morgan fingerprint density at radius 1 is 1.03 bits per heavy atom. The Kier molecular flexibility index (Phi) is 6.32. The van der Waals surface area contributed by atoms with E-state index < -0.39 is 18.9 Å². The van der Waals surface area contributed by atoms with Crippen molar-refractivity contribution in [2.45, 2.75) is 12.8 Å². The zero-order valence-corrected chi connectivity index (χ0v) is 18.6. The molecule has 8 heteroatoms. The highest BCUT2D eigenvalue weighted by Crippen LogP contribution is 2.32. The van der Waals surface area contributed by atoms with Gasteiger partial charge in [-0.1, -0.05) is 48.5 Å². The molecule has 0 saturated carbocycles. The molecule has 2 heterocycles. The molecule has 0 aliphatic carbocycles. The molecule has 1 aliphatic heterocycles. The van der Waals surface area contributed by atoms with Gasteiger partial charge in [-0.2, -0.15) is 0 Å². The lowest BCUT2D eigenvalue weighted by atomic mass is 10.1. The molecule has 1 unspecified atom stereocenters. The molecule has 1 fully saturated rings. The number of para-hydroxylation sites is 1. The maximum absolute atomic E-state index is 15.2. The van der Waals surface area contributed by atoms with Crippen molar-refractivity contribution in [2.75, 3.05) is 37.9 Å². The highest BCUT2D eigenvalue weighted by atomic mass is 19.1. The average Bonchev–Trinajstić information content (AvgIpc) is 3.24. The van der Waals surface area contributed by atoms with Crippen molar-refractivity contribution >= 4 is 16.7 Å². The van der Waals surface area contributed by atoms with E-state index in [4.69, 9.17) is 10.9 Å². The summed E-state index contributed by atoms with van der Waals surface area (Å²) in [5.74, 6) is 0.756. The second-order valence-electron chi connectivity index (χ2n) is 7.99. The first-order valence-electron chi connectivity index (χ1n) is 11.7. The van der Waals surface area contributed by atoms with Gasteiger partial charge in [-0.15, -0.1) is 0 Å². The number of halogens is 2. The van der Waals surface area contributed by atoms with Crippen molar-refractivity contribution in [3.63, 3.8) is 0 Å². The highest BCUT2D eigenvalue weighted by Gasteiger charge is 2.25. The Morgan fingerprint density at radius 2 is 1.74 bits per heavy atom. The minimum absolute atomic E-state index is 0.0894. The summed E-state index contributed by atoms with van der Waals surface area (Å²) in [4.78, 5) is 6.58. The fourth-order valence-corrected chi connectivity index (χ4v) is 4.27. The number of alkyl halides is 1. The number of hydrogen-bond donors (Lipinski definition) is 1. The van der Waals surface area contributed by atoms with Gasteiger partial charge in [0.15, 0.2) is 13.1 Å². The van der Waals surface area contributed by atoms with Crippen LogP contribution in [0.25, 0.3) is 11.0 Å². The van der Waals surface area contributed by atoms with Crippen LogP contribution in [0.15, 0.2) is 72.8 Å². The van der Waals surface area contributed by atoms with Crippen LogP contribution < -0.4 is 14.9 Å². The summed E-state index contributed by atoms with van der Waals surface area (Å²) in [6, 6.07) is 21.7. The molecule has 3 aromatic carbocycles. The lowest BCUT2D eigenvalue weighted by molar-refractivity contribution is -0.0217. The smallest absolute Gasteiger partial charge is 0.191 e. The fraction of sp³-hybridized carbons (Fsp3) is 0.269. The maximum Gasteiger partial charge on any atom is 0.191 e. The highest BCUT2D eigenvalue weighted by molar-refractivity contribution is 5.81. The lowest BCUT2D eigenvalue weighted by Gasteiger charge is -2.30. The van der Waals surface area contributed by atoms with Crippen LogP contribution in [0.4, 0.5) is 14.5 Å². The summed E-state index contributed by atoms with van der Waals surface area (Å²) in [6.07, 6.45) is -0.816. The van der Waals surface area contributed by atoms with Crippen LogP contribution >= 0.6 is 0 Å². The van der Waals surface area contributed by atoms with E-state index in [-0.39, 0.29) is 6.61 Å². The van der Waals surface area contributed by atoms with Crippen molar-refractivity contribution in [2.24, 2.45) is 0 Å². The monoisotopic (exact) mass is 466 g/mol. The third-order valence-corrected chi connectivity index (χ3v) is 5.88. The standard InChI is InChI=1S/C26H26F2N4O2/c27-18-34-26(19-7-3-1-4-8-19)32-24-16-23(31-13-11-29-12-14-31)21(28)15-22(24)30-25(32)17-33-20-9-5-2-6-10-20/h1-10,15-16,26,29H,11-14,17-18H2/i/hT. The van der Waals surface area contributed by atoms with Gasteiger partial charge in [0.1, 0.15) is 25.4 Å². The number of piperazine rings is 1. The van der Waals surface area contributed by atoms with E-state index in [0.29, 0.717) is 54.5 Å². The number of ether oxygens (including phenoxy) is 2. The quantitative estimate of drug-likeness (QED) is 0.410. The minimum Gasteiger partial charge on any atom is -0.486 e. The van der Waals surface area contributed by atoms with Gasteiger partial charge in [0.05, 0.1) is 16.7 Å². The molecule has 0 amide bonds. The topological polar surface area (TPSA) is 51.5 Å². The van der Waals surface area contributed by atoms with Crippen molar-refractivity contribution in [1.82, 2.24) is 14.9 Å². The summed E-state index contributed by atoms with van der Waals surface area (Å²) in [7, 11) is 0. The third-order valence-electron chi connectivity index (χ3n) is 5.88. The van der Waals surface area contributed by atoms with E-state index in [1.54, 1.807) is 10.6 Å². The molecule has 6 nitrogen and oxygen atoms in total. The Labute approximate surface area is 198 Å². The predicted molar refractivity (Wildman–Crippen MR) is 127 cm³/mol. The van der Waals surface area contributed by atoms with Crippen molar-refractivity contribution < 1.29 is 19.7 Å². The number of nitrogens with one attached hydrogen (secondary N) is 1. The zero-order valence-electron chi connectivity index (χ0n) is 19.6. The van der Waals surface area contributed by atoms with Gasteiger partial charge in [-0.3, -0.25) is 4.57 Å². The van der Waals surface area contributed by atoms with Gasteiger partial charge in [0.25, 0.3) is 0 Å². The van der Waals surface area contributed by atoms with E-state index in [0.717, 1.165) is 5.56 Å². The van der Waals surface area contributed by atoms with Gasteiger partial charge in [-0.05, 0) is 18.2 Å². The second-order valence-corrected chi connectivity index (χ2v) is 7.99. The maximum atomic E-state index is 15.2. The Bertz CT molecular complexity index is 1260. The summed E-state index contributed by atoms with van der Waals surface area (Å²) in [6.45, 7) is 1.19.